The van der Waals surface area contributed by atoms with Crippen LogP contribution in [0.2, 0.25) is 0 Å². The Hall–Kier alpha value is -2.18. The molecule has 32 heavy (non-hydrogen) atoms. The van der Waals surface area contributed by atoms with Gasteiger partial charge in [0, 0.05) is 59.9 Å². The van der Waals surface area contributed by atoms with Crippen LogP contribution in [0.5, 0.6) is 0 Å². The molecule has 1 aromatic heterocycles. The van der Waals surface area contributed by atoms with Gasteiger partial charge in [0.15, 0.2) is 0 Å². The molecule has 0 spiro atoms. The van der Waals surface area contributed by atoms with Gasteiger partial charge in [-0.25, -0.2) is 13.2 Å². The molecular formula is C20H30ClN5O5S. The molecule has 0 N–H and O–H groups in total. The van der Waals surface area contributed by atoms with Gasteiger partial charge in [0.1, 0.15) is 5.82 Å². The van der Waals surface area contributed by atoms with Crippen molar-refractivity contribution in [2.75, 3.05) is 51.3 Å². The summed E-state index contributed by atoms with van der Waals surface area (Å²) in [4.78, 5) is 34.0. The lowest BCUT2D eigenvalue weighted by Gasteiger charge is -2.36. The summed E-state index contributed by atoms with van der Waals surface area (Å²) in [6.45, 7) is 4.00. The molecule has 1 saturated heterocycles. The highest BCUT2D eigenvalue weighted by atomic mass is 35.5. The lowest BCUT2D eigenvalue weighted by atomic mass is 10.3. The summed E-state index contributed by atoms with van der Waals surface area (Å²) in [6.07, 6.45) is 0.680. The molecule has 0 aliphatic carbocycles. The molecule has 10 nitrogen and oxygen atoms in total. The van der Waals surface area contributed by atoms with Crippen molar-refractivity contribution in [2.24, 2.45) is 14.1 Å². The van der Waals surface area contributed by atoms with E-state index in [1.807, 2.05) is 4.90 Å². The second-order valence-electron chi connectivity index (χ2n) is 7.48. The van der Waals surface area contributed by atoms with E-state index in [9.17, 15) is 18.0 Å². The standard InChI is InChI=1S/C20H29N5O5S.ClH/c1-21-18(16-19(26)22(2)20(21)27)25-13-11-24(12-14-25)10-7-15-30-23(3)31(28,29)17-8-5-4-6-9-17;/h4-6,8-9,16H,7,10-15H2,1-3H3;1H. The van der Waals surface area contributed by atoms with Crippen molar-refractivity contribution in [3.8, 4) is 0 Å². The number of benzene rings is 1. The number of hydrogen-bond donors (Lipinski definition) is 0. The van der Waals surface area contributed by atoms with Crippen LogP contribution < -0.4 is 16.1 Å². The van der Waals surface area contributed by atoms with E-state index in [1.165, 1.54) is 36.9 Å². The molecule has 1 aliphatic rings. The molecule has 12 heteroatoms. The van der Waals surface area contributed by atoms with E-state index >= 15 is 0 Å². The Bertz CT molecular complexity index is 1110. The molecule has 0 saturated carbocycles. The highest BCUT2D eigenvalue weighted by Gasteiger charge is 2.22. The highest BCUT2D eigenvalue weighted by molar-refractivity contribution is 7.89. The topological polar surface area (TPSA) is 97.1 Å². The van der Waals surface area contributed by atoms with Crippen LogP contribution in [0.1, 0.15) is 6.42 Å². The Kier molecular flexibility index (Phi) is 9.05. The van der Waals surface area contributed by atoms with Gasteiger partial charge in [0.25, 0.3) is 15.6 Å². The Balaban J connectivity index is 0.00000363. The van der Waals surface area contributed by atoms with Crippen LogP contribution in [0.15, 0.2) is 50.9 Å². The Morgan fingerprint density at radius 2 is 1.62 bits per heavy atom. The van der Waals surface area contributed by atoms with Crippen LogP contribution in [0.3, 0.4) is 0 Å². The fourth-order valence-electron chi connectivity index (χ4n) is 3.52. The van der Waals surface area contributed by atoms with Gasteiger partial charge in [-0.2, -0.15) is 0 Å². The Morgan fingerprint density at radius 3 is 2.25 bits per heavy atom. The number of rotatable bonds is 8. The van der Waals surface area contributed by atoms with Crippen LogP contribution in [0.4, 0.5) is 5.82 Å². The maximum Gasteiger partial charge on any atom is 0.332 e. The number of sulfonamides is 1. The van der Waals surface area contributed by atoms with Crippen molar-refractivity contribution in [2.45, 2.75) is 11.3 Å². The monoisotopic (exact) mass is 487 g/mol. The van der Waals surface area contributed by atoms with Gasteiger partial charge in [-0.3, -0.25) is 23.7 Å². The lowest BCUT2D eigenvalue weighted by molar-refractivity contribution is -0.0676. The van der Waals surface area contributed by atoms with Crippen LogP contribution in [0.25, 0.3) is 0 Å². The molecule has 2 heterocycles. The average Bonchev–Trinajstić information content (AvgIpc) is 2.78. The van der Waals surface area contributed by atoms with Gasteiger partial charge in [-0.1, -0.05) is 22.7 Å². The number of hydroxylamine groups is 1. The minimum absolute atomic E-state index is 0. The van der Waals surface area contributed by atoms with E-state index < -0.39 is 10.0 Å². The number of anilines is 1. The van der Waals surface area contributed by atoms with Crippen molar-refractivity contribution >= 4 is 28.2 Å². The summed E-state index contributed by atoms with van der Waals surface area (Å²) in [5.41, 5.74) is -0.649. The lowest BCUT2D eigenvalue weighted by Crippen LogP contribution is -2.49. The molecule has 0 radical (unpaired) electrons. The SMILES string of the molecule is CN(OCCCN1CCN(c2cc(=O)n(C)c(=O)n2C)CC1)S(=O)(=O)c1ccccc1.Cl. The number of piperazine rings is 1. The Morgan fingerprint density at radius 1 is 1.00 bits per heavy atom. The molecule has 0 unspecified atom stereocenters. The molecule has 0 amide bonds. The third-order valence-electron chi connectivity index (χ3n) is 5.47. The second-order valence-corrected chi connectivity index (χ2v) is 9.42. The van der Waals surface area contributed by atoms with E-state index in [2.05, 4.69) is 4.90 Å². The van der Waals surface area contributed by atoms with Gasteiger partial charge in [0.05, 0.1) is 11.5 Å². The molecule has 1 fully saturated rings. The van der Waals surface area contributed by atoms with Crippen LogP contribution >= 0.6 is 12.4 Å². The maximum absolute atomic E-state index is 12.4. The summed E-state index contributed by atoms with van der Waals surface area (Å²) < 4.78 is 28.4. The fraction of sp³-hybridized carbons (Fsp3) is 0.500. The Labute approximate surface area is 194 Å². The number of halogens is 1. The first-order valence-electron chi connectivity index (χ1n) is 10.1. The summed E-state index contributed by atoms with van der Waals surface area (Å²) >= 11 is 0. The zero-order chi connectivity index (χ0) is 22.6. The predicted molar refractivity (Wildman–Crippen MR) is 125 cm³/mol. The molecule has 3 rings (SSSR count). The summed E-state index contributed by atoms with van der Waals surface area (Å²) in [5.74, 6) is 0.629. The number of hydrogen-bond acceptors (Lipinski definition) is 7. The highest BCUT2D eigenvalue weighted by Crippen LogP contribution is 2.15. The molecule has 2 aromatic rings. The van der Waals surface area contributed by atoms with E-state index in [0.29, 0.717) is 25.3 Å². The summed E-state index contributed by atoms with van der Waals surface area (Å²) in [7, 11) is 0.874. The zero-order valence-electron chi connectivity index (χ0n) is 18.5. The maximum atomic E-state index is 12.4. The van der Waals surface area contributed by atoms with Crippen LogP contribution in [-0.2, 0) is 29.0 Å². The summed E-state index contributed by atoms with van der Waals surface area (Å²) in [5, 5.41) is 0. The van der Waals surface area contributed by atoms with Gasteiger partial charge in [-0.05, 0) is 18.6 Å². The molecule has 1 aromatic carbocycles. The third-order valence-corrected chi connectivity index (χ3v) is 7.12. The molecule has 1 aliphatic heterocycles. The van der Waals surface area contributed by atoms with Crippen molar-refractivity contribution in [3.63, 3.8) is 0 Å². The quantitative estimate of drug-likeness (QED) is 0.389. The van der Waals surface area contributed by atoms with E-state index in [0.717, 1.165) is 28.7 Å². The minimum Gasteiger partial charge on any atom is -0.355 e. The normalized spacial score (nSPS) is 15.1. The second kappa shape index (κ2) is 11.1. The van der Waals surface area contributed by atoms with E-state index in [-0.39, 0.29) is 35.2 Å². The van der Waals surface area contributed by atoms with Crippen LogP contribution in [-0.4, -0.2) is 73.3 Å². The average molecular weight is 488 g/mol. The molecular weight excluding hydrogens is 458 g/mol. The van der Waals surface area contributed by atoms with Crippen LogP contribution in [0, 0.1) is 0 Å². The predicted octanol–water partition coefficient (Wildman–Crippen LogP) is 0.270. The molecule has 0 bridgehead atoms. The first-order valence-corrected chi connectivity index (χ1v) is 11.6. The van der Waals surface area contributed by atoms with E-state index in [4.69, 9.17) is 4.84 Å². The van der Waals surface area contributed by atoms with Crippen molar-refractivity contribution in [3.05, 3.63) is 57.2 Å². The van der Waals surface area contributed by atoms with Crippen molar-refractivity contribution in [1.29, 1.82) is 0 Å². The zero-order valence-corrected chi connectivity index (χ0v) is 20.1. The minimum atomic E-state index is -3.66. The van der Waals surface area contributed by atoms with Gasteiger partial charge in [0.2, 0.25) is 0 Å². The van der Waals surface area contributed by atoms with Gasteiger partial charge in [-0.15, -0.1) is 12.4 Å². The first kappa shape index (κ1) is 26.1. The van der Waals surface area contributed by atoms with E-state index in [1.54, 1.807) is 25.2 Å². The largest absolute Gasteiger partial charge is 0.355 e. The van der Waals surface area contributed by atoms with Gasteiger partial charge < -0.3 is 4.90 Å². The van der Waals surface area contributed by atoms with Crippen molar-refractivity contribution in [1.82, 2.24) is 18.5 Å². The van der Waals surface area contributed by atoms with Crippen molar-refractivity contribution < 1.29 is 13.3 Å². The van der Waals surface area contributed by atoms with Gasteiger partial charge >= 0.3 is 5.69 Å². The number of nitrogens with zero attached hydrogens (tertiary/aromatic N) is 5. The number of aromatic nitrogens is 2. The summed E-state index contributed by atoms with van der Waals surface area (Å²) in [6, 6.07) is 9.67. The smallest absolute Gasteiger partial charge is 0.332 e. The fourth-order valence-corrected chi connectivity index (χ4v) is 4.53. The molecule has 178 valence electrons. The first-order chi connectivity index (χ1) is 14.7. The third kappa shape index (κ3) is 5.78. The molecule has 0 atom stereocenters.